The number of rotatable bonds is 8. The quantitative estimate of drug-likeness (QED) is 0.503. The first-order valence-electron chi connectivity index (χ1n) is 10.6. The van der Waals surface area contributed by atoms with Gasteiger partial charge in [0.2, 0.25) is 11.1 Å². The Bertz CT molecular complexity index is 1020. The maximum atomic E-state index is 12.6. The first-order valence-corrected chi connectivity index (χ1v) is 11.5. The largest absolute Gasteiger partial charge is 0.486 e. The Kier molecular flexibility index (Phi) is 7.28. The molecule has 1 amide bonds. The molecule has 0 aliphatic carbocycles. The molecule has 32 heavy (non-hydrogen) atoms. The van der Waals surface area contributed by atoms with Crippen molar-refractivity contribution in [3.63, 3.8) is 0 Å². The van der Waals surface area contributed by atoms with Crippen molar-refractivity contribution >= 4 is 29.0 Å². The van der Waals surface area contributed by atoms with Crippen molar-refractivity contribution in [3.8, 4) is 5.75 Å². The number of H-pyrrole nitrogens is 1. The number of carbonyl (C=O) groups excluding carboxylic acids is 1. The van der Waals surface area contributed by atoms with Crippen LogP contribution in [0.2, 0.25) is 0 Å². The lowest BCUT2D eigenvalue weighted by molar-refractivity contribution is -0.115. The lowest BCUT2D eigenvalue weighted by atomic mass is 10.2. The molecular weight excluding hydrogens is 426 g/mol. The lowest BCUT2D eigenvalue weighted by Gasteiger charge is -2.28. The third-order valence-electron chi connectivity index (χ3n) is 5.07. The number of aromatic nitrogens is 3. The summed E-state index contributed by atoms with van der Waals surface area (Å²) in [5.74, 6) is 1.28. The Morgan fingerprint density at radius 1 is 1.19 bits per heavy atom. The molecule has 1 aromatic heterocycles. The standard InChI is InChI=1S/C23H27N5O3S/c1-16-3-9-20(10-4-16)31-15-21-25-23(27-26-21)32-17(2)22(29)24-18-5-7-19(8-6-18)28-11-13-30-14-12-28/h3-10,17H,11-15H2,1-2H3,(H,24,29)(H,25,26,27)/t17-/m0/s1. The second-order valence-corrected chi connectivity index (χ2v) is 8.87. The Morgan fingerprint density at radius 3 is 2.62 bits per heavy atom. The number of thioether (sulfide) groups is 1. The molecule has 1 atom stereocenters. The summed E-state index contributed by atoms with van der Waals surface area (Å²) in [5, 5.41) is 10.2. The molecule has 0 unspecified atom stereocenters. The first kappa shape index (κ1) is 22.2. The molecule has 0 radical (unpaired) electrons. The molecule has 1 fully saturated rings. The zero-order chi connectivity index (χ0) is 22.3. The van der Waals surface area contributed by atoms with Gasteiger partial charge in [-0.25, -0.2) is 4.98 Å². The molecule has 1 aliphatic heterocycles. The van der Waals surface area contributed by atoms with Crippen molar-refractivity contribution in [1.82, 2.24) is 15.2 Å². The predicted octanol–water partition coefficient (Wildman–Crippen LogP) is 3.65. The number of ether oxygens (including phenoxy) is 2. The number of nitrogens with one attached hydrogen (secondary N) is 2. The molecular formula is C23H27N5O3S. The number of benzene rings is 2. The zero-order valence-electron chi connectivity index (χ0n) is 18.2. The number of aryl methyl sites for hydroxylation is 1. The van der Waals surface area contributed by atoms with Gasteiger partial charge in [0.1, 0.15) is 12.4 Å². The van der Waals surface area contributed by atoms with Gasteiger partial charge < -0.3 is 19.7 Å². The van der Waals surface area contributed by atoms with Crippen molar-refractivity contribution in [1.29, 1.82) is 0 Å². The van der Waals surface area contributed by atoms with Gasteiger partial charge >= 0.3 is 0 Å². The first-order chi connectivity index (χ1) is 15.6. The Hall–Kier alpha value is -3.04. The second kappa shape index (κ2) is 10.5. The third kappa shape index (κ3) is 6.02. The van der Waals surface area contributed by atoms with Gasteiger partial charge in [0.15, 0.2) is 5.82 Å². The minimum atomic E-state index is -0.351. The van der Waals surface area contributed by atoms with Crippen LogP contribution in [-0.2, 0) is 16.1 Å². The van der Waals surface area contributed by atoms with Gasteiger partial charge in [-0.3, -0.25) is 9.89 Å². The van der Waals surface area contributed by atoms with E-state index < -0.39 is 0 Å². The van der Waals surface area contributed by atoms with Crippen molar-refractivity contribution in [2.45, 2.75) is 30.9 Å². The van der Waals surface area contributed by atoms with Crippen LogP contribution in [0.3, 0.4) is 0 Å². The fraction of sp³-hybridized carbons (Fsp3) is 0.348. The van der Waals surface area contributed by atoms with Gasteiger partial charge in [0, 0.05) is 24.5 Å². The summed E-state index contributed by atoms with van der Waals surface area (Å²) < 4.78 is 11.1. The molecule has 2 heterocycles. The van der Waals surface area contributed by atoms with E-state index in [1.807, 2.05) is 62.4 Å². The highest BCUT2D eigenvalue weighted by molar-refractivity contribution is 8.00. The molecule has 8 nitrogen and oxygen atoms in total. The Balaban J connectivity index is 1.25. The zero-order valence-corrected chi connectivity index (χ0v) is 19.0. The monoisotopic (exact) mass is 453 g/mol. The van der Waals surface area contributed by atoms with Crippen LogP contribution in [0.4, 0.5) is 11.4 Å². The second-order valence-electron chi connectivity index (χ2n) is 7.56. The topological polar surface area (TPSA) is 92.4 Å². The highest BCUT2D eigenvalue weighted by Crippen LogP contribution is 2.23. The normalized spacial score (nSPS) is 14.8. The summed E-state index contributed by atoms with van der Waals surface area (Å²) in [6.07, 6.45) is 0. The molecule has 4 rings (SSSR count). The predicted molar refractivity (Wildman–Crippen MR) is 125 cm³/mol. The van der Waals surface area contributed by atoms with Crippen LogP contribution >= 0.6 is 11.8 Å². The van der Waals surface area contributed by atoms with Gasteiger partial charge in [-0.15, -0.1) is 5.10 Å². The number of morpholine rings is 1. The van der Waals surface area contributed by atoms with Gasteiger partial charge in [-0.2, -0.15) is 0 Å². The summed E-state index contributed by atoms with van der Waals surface area (Å²) in [6, 6.07) is 15.7. The summed E-state index contributed by atoms with van der Waals surface area (Å²) in [4.78, 5) is 19.3. The van der Waals surface area contributed by atoms with E-state index in [0.717, 1.165) is 43.4 Å². The summed E-state index contributed by atoms with van der Waals surface area (Å²) in [5.41, 5.74) is 3.08. The maximum absolute atomic E-state index is 12.6. The molecule has 2 N–H and O–H groups in total. The van der Waals surface area contributed by atoms with Crippen molar-refractivity contribution in [3.05, 3.63) is 59.9 Å². The number of anilines is 2. The van der Waals surface area contributed by atoms with E-state index in [0.29, 0.717) is 11.0 Å². The summed E-state index contributed by atoms with van der Waals surface area (Å²) >= 11 is 1.30. The number of nitrogens with zero attached hydrogens (tertiary/aromatic N) is 3. The molecule has 1 aliphatic rings. The van der Waals surface area contributed by atoms with Gasteiger partial charge in [-0.05, 0) is 50.2 Å². The van der Waals surface area contributed by atoms with Crippen LogP contribution in [0.5, 0.6) is 5.75 Å². The molecule has 3 aromatic rings. The summed E-state index contributed by atoms with van der Waals surface area (Å²) in [7, 11) is 0. The average molecular weight is 454 g/mol. The maximum Gasteiger partial charge on any atom is 0.237 e. The molecule has 1 saturated heterocycles. The minimum Gasteiger partial charge on any atom is -0.486 e. The van der Waals surface area contributed by atoms with Crippen LogP contribution < -0.4 is 15.0 Å². The van der Waals surface area contributed by atoms with E-state index >= 15 is 0 Å². The van der Waals surface area contributed by atoms with E-state index in [-0.39, 0.29) is 17.8 Å². The van der Waals surface area contributed by atoms with Crippen molar-refractivity contribution in [2.24, 2.45) is 0 Å². The SMILES string of the molecule is Cc1ccc(OCc2nc(S[C@@H](C)C(=O)Nc3ccc(N4CCOCC4)cc3)n[nH]2)cc1. The lowest BCUT2D eigenvalue weighted by Crippen LogP contribution is -2.36. The van der Waals surface area contributed by atoms with E-state index in [1.54, 1.807) is 0 Å². The molecule has 2 aromatic carbocycles. The number of hydrogen-bond donors (Lipinski definition) is 2. The fourth-order valence-electron chi connectivity index (χ4n) is 3.21. The van der Waals surface area contributed by atoms with Gasteiger partial charge in [0.05, 0.1) is 18.5 Å². The number of hydrogen-bond acceptors (Lipinski definition) is 7. The van der Waals surface area contributed by atoms with E-state index in [9.17, 15) is 4.79 Å². The number of carbonyl (C=O) groups is 1. The van der Waals surface area contributed by atoms with E-state index in [1.165, 1.54) is 17.3 Å². The number of aromatic amines is 1. The molecule has 0 saturated carbocycles. The Morgan fingerprint density at radius 2 is 1.91 bits per heavy atom. The highest BCUT2D eigenvalue weighted by Gasteiger charge is 2.18. The third-order valence-corrected chi connectivity index (χ3v) is 6.03. The molecule has 9 heteroatoms. The Labute approximate surface area is 191 Å². The molecule has 0 spiro atoms. The molecule has 0 bridgehead atoms. The smallest absolute Gasteiger partial charge is 0.237 e. The van der Waals surface area contributed by atoms with E-state index in [2.05, 4.69) is 25.4 Å². The van der Waals surface area contributed by atoms with Gasteiger partial charge in [0.25, 0.3) is 0 Å². The number of amides is 1. The van der Waals surface area contributed by atoms with E-state index in [4.69, 9.17) is 9.47 Å². The molecule has 168 valence electrons. The van der Waals surface area contributed by atoms with Crippen LogP contribution in [0, 0.1) is 6.92 Å². The van der Waals surface area contributed by atoms with Crippen LogP contribution in [0.1, 0.15) is 18.3 Å². The highest BCUT2D eigenvalue weighted by atomic mass is 32.2. The van der Waals surface area contributed by atoms with Crippen LogP contribution in [0.15, 0.2) is 53.7 Å². The van der Waals surface area contributed by atoms with Crippen molar-refractivity contribution in [2.75, 3.05) is 36.5 Å². The van der Waals surface area contributed by atoms with Crippen LogP contribution in [0.25, 0.3) is 0 Å². The fourth-order valence-corrected chi connectivity index (χ4v) is 3.96. The van der Waals surface area contributed by atoms with Crippen molar-refractivity contribution < 1.29 is 14.3 Å². The average Bonchev–Trinajstić information content (AvgIpc) is 3.27. The summed E-state index contributed by atoms with van der Waals surface area (Å²) in [6.45, 7) is 7.40. The van der Waals surface area contributed by atoms with Crippen LogP contribution in [-0.4, -0.2) is 52.6 Å². The minimum absolute atomic E-state index is 0.101. The van der Waals surface area contributed by atoms with Gasteiger partial charge in [-0.1, -0.05) is 29.5 Å².